The van der Waals surface area contributed by atoms with Gasteiger partial charge in [-0.25, -0.2) is 0 Å². The molecule has 0 aliphatic rings. The lowest BCUT2D eigenvalue weighted by Gasteiger charge is -2.06. The summed E-state index contributed by atoms with van der Waals surface area (Å²) in [7, 11) is 0. The molecule has 0 unspecified atom stereocenters. The summed E-state index contributed by atoms with van der Waals surface area (Å²) in [5.41, 5.74) is 0.800. The molecule has 25 heavy (non-hydrogen) atoms. The van der Waals surface area contributed by atoms with Gasteiger partial charge in [0, 0.05) is 23.5 Å². The Morgan fingerprint density at radius 3 is 1.32 bits per heavy atom. The van der Waals surface area contributed by atoms with Gasteiger partial charge in [-0.05, 0) is 83.9 Å². The summed E-state index contributed by atoms with van der Waals surface area (Å²) in [6, 6.07) is 18.5. The van der Waals surface area contributed by atoms with Crippen molar-refractivity contribution in [2.24, 2.45) is 0 Å². The zero-order chi connectivity index (χ0) is 18.1. The van der Waals surface area contributed by atoms with Crippen molar-refractivity contribution in [3.05, 3.63) is 90.3 Å². The first-order chi connectivity index (χ1) is 12.1. The van der Waals surface area contributed by atoms with Gasteiger partial charge < -0.3 is 4.74 Å². The highest BCUT2D eigenvalue weighted by Gasteiger charge is 2.04. The molecule has 0 aliphatic heterocycles. The normalized spacial score (nSPS) is 9.52. The van der Waals surface area contributed by atoms with Gasteiger partial charge in [-0.1, -0.05) is 6.07 Å². The fraction of sp³-hybridized carbons (Fsp3) is 0. The molecule has 3 aromatic rings. The van der Waals surface area contributed by atoms with Crippen molar-refractivity contribution in [2.75, 3.05) is 0 Å². The molecule has 0 atom stereocenters. The molecule has 4 nitrogen and oxygen atoms in total. The minimum atomic E-state index is -0.517. The summed E-state index contributed by atoms with van der Waals surface area (Å²) in [6.45, 7) is 0. The minimum Gasteiger partial charge on any atom is -0.457 e. The van der Waals surface area contributed by atoms with Crippen molar-refractivity contribution in [3.63, 3.8) is 0 Å². The van der Waals surface area contributed by atoms with Crippen LogP contribution in [0.2, 0.25) is 0 Å². The Bertz CT molecular complexity index is 737. The smallest absolute Gasteiger partial charge is 0.252 e. The van der Waals surface area contributed by atoms with E-state index in [1.54, 1.807) is 60.9 Å². The monoisotopic (exact) mass is 373 g/mol. The van der Waals surface area contributed by atoms with Crippen LogP contribution in [0.4, 0.5) is 0 Å². The average molecular weight is 374 g/mol. The second-order valence-corrected chi connectivity index (χ2v) is 5.41. The zero-order valence-electron chi connectivity index (χ0n) is 12.9. The highest BCUT2D eigenvalue weighted by atomic mass is 35.5. The van der Waals surface area contributed by atoms with E-state index >= 15 is 0 Å². The lowest BCUT2D eigenvalue weighted by atomic mass is 10.2. The Balaban J connectivity index is 0.000000316. The molecule has 0 aliphatic carbocycles. The predicted octanol–water partition coefficient (Wildman–Crippen LogP) is 5.32. The van der Waals surface area contributed by atoms with Crippen molar-refractivity contribution >= 4 is 33.7 Å². The van der Waals surface area contributed by atoms with Crippen LogP contribution in [0.5, 0.6) is 11.5 Å². The zero-order valence-corrected chi connectivity index (χ0v) is 14.4. The largest absolute Gasteiger partial charge is 0.457 e. The van der Waals surface area contributed by atoms with Crippen molar-refractivity contribution in [1.29, 1.82) is 0 Å². The van der Waals surface area contributed by atoms with Gasteiger partial charge in [0.05, 0.1) is 0 Å². The quantitative estimate of drug-likeness (QED) is 0.580. The van der Waals surface area contributed by atoms with Crippen LogP contribution in [0.25, 0.3) is 0 Å². The molecule has 126 valence electrons. The van der Waals surface area contributed by atoms with E-state index in [1.165, 1.54) is 0 Å². The Kier molecular flexibility index (Phi) is 7.14. The van der Waals surface area contributed by atoms with Gasteiger partial charge in [-0.15, -0.1) is 0 Å². The highest BCUT2D eigenvalue weighted by Crippen LogP contribution is 2.22. The van der Waals surface area contributed by atoms with Gasteiger partial charge >= 0.3 is 0 Å². The van der Waals surface area contributed by atoms with E-state index in [4.69, 9.17) is 27.9 Å². The molecule has 1 heterocycles. The Morgan fingerprint density at radius 1 is 0.680 bits per heavy atom. The molecular formula is C19H13Cl2NO3. The lowest BCUT2D eigenvalue weighted by Crippen LogP contribution is -1.90. The van der Waals surface area contributed by atoms with Gasteiger partial charge in [-0.2, -0.15) is 0 Å². The third-order valence-electron chi connectivity index (χ3n) is 2.96. The highest BCUT2D eigenvalue weighted by molar-refractivity contribution is 6.68. The van der Waals surface area contributed by atoms with Gasteiger partial charge in [0.15, 0.2) is 0 Å². The third-order valence-corrected chi connectivity index (χ3v) is 3.40. The number of hydrogen-bond donors (Lipinski definition) is 0. The van der Waals surface area contributed by atoms with Crippen LogP contribution in [0.3, 0.4) is 0 Å². The standard InChI is InChI=1S/C14H8Cl2O3.C5H5N/c15-13(17)9-1-5-11(6-2-9)19-12-7-3-10(4-8-12)14(16)18;1-2-4-6-5-3-1/h1-8H;1-5H. The van der Waals surface area contributed by atoms with E-state index < -0.39 is 10.5 Å². The molecular weight excluding hydrogens is 361 g/mol. The summed E-state index contributed by atoms with van der Waals surface area (Å²) in [5, 5.41) is -1.03. The van der Waals surface area contributed by atoms with Gasteiger partial charge in [-0.3, -0.25) is 14.6 Å². The van der Waals surface area contributed by atoms with Crippen molar-refractivity contribution in [3.8, 4) is 11.5 Å². The van der Waals surface area contributed by atoms with Crippen LogP contribution in [0.15, 0.2) is 79.1 Å². The van der Waals surface area contributed by atoms with Gasteiger partial charge in [0.2, 0.25) is 0 Å². The van der Waals surface area contributed by atoms with Crippen LogP contribution in [0, 0.1) is 0 Å². The number of rotatable bonds is 4. The maximum absolute atomic E-state index is 10.9. The molecule has 1 aromatic heterocycles. The first-order valence-corrected chi connectivity index (χ1v) is 7.94. The molecule has 0 amide bonds. The number of nitrogens with zero attached hydrogens (tertiary/aromatic N) is 1. The number of carbonyl (C=O) groups is 2. The number of hydrogen-bond acceptors (Lipinski definition) is 4. The Morgan fingerprint density at radius 2 is 1.08 bits per heavy atom. The van der Waals surface area contributed by atoms with Crippen molar-refractivity contribution < 1.29 is 14.3 Å². The number of pyridine rings is 1. The Hall–Kier alpha value is -2.69. The molecule has 3 rings (SSSR count). The van der Waals surface area contributed by atoms with E-state index in [0.29, 0.717) is 22.6 Å². The fourth-order valence-electron chi connectivity index (χ4n) is 1.76. The second-order valence-electron chi connectivity index (χ2n) is 4.72. The number of ether oxygens (including phenoxy) is 1. The van der Waals surface area contributed by atoms with Crippen molar-refractivity contribution in [1.82, 2.24) is 4.98 Å². The van der Waals surface area contributed by atoms with E-state index in [9.17, 15) is 9.59 Å². The van der Waals surface area contributed by atoms with E-state index in [2.05, 4.69) is 4.98 Å². The van der Waals surface area contributed by atoms with Crippen LogP contribution in [-0.4, -0.2) is 15.5 Å². The molecule has 2 aromatic carbocycles. The first-order valence-electron chi connectivity index (χ1n) is 7.19. The van der Waals surface area contributed by atoms with Crippen LogP contribution < -0.4 is 4.74 Å². The van der Waals surface area contributed by atoms with Crippen LogP contribution >= 0.6 is 23.2 Å². The first kappa shape index (κ1) is 18.6. The Labute approximate surface area is 155 Å². The summed E-state index contributed by atoms with van der Waals surface area (Å²) in [5.74, 6) is 1.12. The van der Waals surface area contributed by atoms with E-state index in [-0.39, 0.29) is 0 Å². The number of halogens is 2. The summed E-state index contributed by atoms with van der Waals surface area (Å²) >= 11 is 10.7. The summed E-state index contributed by atoms with van der Waals surface area (Å²) in [4.78, 5) is 25.6. The molecule has 0 spiro atoms. The van der Waals surface area contributed by atoms with Gasteiger partial charge in [0.1, 0.15) is 11.5 Å². The second kappa shape index (κ2) is 9.57. The topological polar surface area (TPSA) is 56.3 Å². The van der Waals surface area contributed by atoms with Crippen molar-refractivity contribution in [2.45, 2.75) is 0 Å². The number of benzene rings is 2. The summed E-state index contributed by atoms with van der Waals surface area (Å²) < 4.78 is 5.54. The molecule has 0 N–H and O–H groups in total. The molecule has 0 saturated heterocycles. The number of aromatic nitrogens is 1. The fourth-order valence-corrected chi connectivity index (χ4v) is 2.01. The molecule has 0 radical (unpaired) electrons. The van der Waals surface area contributed by atoms with E-state index in [1.807, 2.05) is 18.2 Å². The third kappa shape index (κ3) is 6.37. The predicted molar refractivity (Wildman–Crippen MR) is 97.6 cm³/mol. The maximum atomic E-state index is 10.9. The average Bonchev–Trinajstić information content (AvgIpc) is 2.64. The van der Waals surface area contributed by atoms with Crippen LogP contribution in [-0.2, 0) is 0 Å². The molecule has 6 heteroatoms. The maximum Gasteiger partial charge on any atom is 0.252 e. The minimum absolute atomic E-state index is 0.400. The summed E-state index contributed by atoms with van der Waals surface area (Å²) in [6.07, 6.45) is 3.50. The molecule has 0 saturated carbocycles. The molecule has 0 fully saturated rings. The van der Waals surface area contributed by atoms with Gasteiger partial charge in [0.25, 0.3) is 10.5 Å². The number of carbonyl (C=O) groups excluding carboxylic acids is 2. The molecule has 0 bridgehead atoms. The lowest BCUT2D eigenvalue weighted by molar-refractivity contribution is 0.107. The van der Waals surface area contributed by atoms with E-state index in [0.717, 1.165) is 0 Å². The SMILES string of the molecule is O=C(Cl)c1ccc(Oc2ccc(C(=O)Cl)cc2)cc1.c1ccncc1. The van der Waals surface area contributed by atoms with Crippen LogP contribution in [0.1, 0.15) is 20.7 Å².